The Bertz CT molecular complexity index is 1690. The molecule has 240 valence electrons. The van der Waals surface area contributed by atoms with Crippen molar-refractivity contribution in [2.75, 3.05) is 20.3 Å². The summed E-state index contributed by atoms with van der Waals surface area (Å²) >= 11 is 12.6. The molecule has 4 rings (SSSR count). The predicted molar refractivity (Wildman–Crippen MR) is 171 cm³/mol. The molecule has 0 spiro atoms. The van der Waals surface area contributed by atoms with Crippen molar-refractivity contribution in [2.45, 2.75) is 32.7 Å². The summed E-state index contributed by atoms with van der Waals surface area (Å²) in [5.74, 6) is 0.394. The molecule has 0 radical (unpaired) electrons. The maximum atomic E-state index is 12.5. The number of nitrogens with one attached hydrogen (secondary N) is 3. The molecule has 0 aliphatic carbocycles. The van der Waals surface area contributed by atoms with E-state index in [0.717, 1.165) is 5.56 Å². The average molecular weight is 669 g/mol. The fraction of sp³-hybridized carbons (Fsp3) is 0.250. The van der Waals surface area contributed by atoms with Crippen LogP contribution in [0, 0.1) is 11.3 Å². The van der Waals surface area contributed by atoms with Gasteiger partial charge in [-0.25, -0.2) is 9.59 Å². The van der Waals surface area contributed by atoms with Gasteiger partial charge in [0, 0.05) is 16.3 Å². The van der Waals surface area contributed by atoms with Crippen LogP contribution in [-0.2, 0) is 16.1 Å². The first-order chi connectivity index (χ1) is 22.1. The number of amides is 2. The minimum atomic E-state index is -1.23. The minimum Gasteiger partial charge on any atom is -0.490 e. The van der Waals surface area contributed by atoms with E-state index >= 15 is 0 Å². The Hall–Kier alpha value is -4.96. The zero-order valence-electron chi connectivity index (χ0n) is 25.1. The maximum Gasteiger partial charge on any atom is 0.337 e. The number of carbonyl (C=O) groups excluding carboxylic acids is 2. The molecule has 0 saturated carbocycles. The van der Waals surface area contributed by atoms with Crippen LogP contribution in [0.1, 0.15) is 42.1 Å². The van der Waals surface area contributed by atoms with Gasteiger partial charge < -0.3 is 34.7 Å². The fourth-order valence-electron chi connectivity index (χ4n) is 4.47. The molecule has 46 heavy (non-hydrogen) atoms. The maximum absolute atomic E-state index is 12.5. The highest BCUT2D eigenvalue weighted by Gasteiger charge is 2.32. The molecule has 0 saturated heterocycles. The quantitative estimate of drug-likeness (QED) is 0.0853. The zero-order chi connectivity index (χ0) is 33.2. The number of benzene rings is 3. The summed E-state index contributed by atoms with van der Waals surface area (Å²) in [6.07, 6.45) is 0.167. The second kappa shape index (κ2) is 15.9. The number of rotatable bonds is 13. The molecule has 12 nitrogen and oxygen atoms in total. The largest absolute Gasteiger partial charge is 0.490 e. The number of nitrogens with zero attached hydrogens (tertiary/aromatic N) is 2. The number of carbonyl (C=O) groups is 2. The molecule has 3 aromatic carbocycles. The molecular weight excluding hydrogens is 637 g/mol. The summed E-state index contributed by atoms with van der Waals surface area (Å²) in [5.41, 5.74) is 5.59. The summed E-state index contributed by atoms with van der Waals surface area (Å²) in [5, 5.41) is 29.5. The number of halogens is 2. The lowest BCUT2D eigenvalue weighted by atomic mass is 9.95. The third-order valence-electron chi connectivity index (χ3n) is 6.60. The molecule has 2 atom stereocenters. The van der Waals surface area contributed by atoms with Gasteiger partial charge in [-0.2, -0.15) is 10.4 Å². The summed E-state index contributed by atoms with van der Waals surface area (Å²) < 4.78 is 22.4. The Morgan fingerprint density at radius 2 is 1.89 bits per heavy atom. The first-order valence-corrected chi connectivity index (χ1v) is 14.7. The number of aliphatic hydroxyl groups excluding tert-OH is 1. The number of esters is 1. The van der Waals surface area contributed by atoms with Crippen molar-refractivity contribution in [1.29, 1.82) is 5.26 Å². The third-order valence-corrected chi connectivity index (χ3v) is 7.10. The highest BCUT2D eigenvalue weighted by atomic mass is 35.5. The van der Waals surface area contributed by atoms with Crippen LogP contribution < -0.4 is 30.3 Å². The number of aliphatic hydroxyl groups is 1. The monoisotopic (exact) mass is 667 g/mol. The molecule has 2 amide bonds. The Labute approximate surface area is 275 Å². The van der Waals surface area contributed by atoms with Gasteiger partial charge in [-0.3, -0.25) is 5.43 Å². The fourth-order valence-corrected chi connectivity index (χ4v) is 5.04. The summed E-state index contributed by atoms with van der Waals surface area (Å²) in [6, 6.07) is 15.8. The van der Waals surface area contributed by atoms with Gasteiger partial charge in [-0.1, -0.05) is 41.4 Å². The number of hydrazone groups is 1. The number of ether oxygens (including phenoxy) is 4. The van der Waals surface area contributed by atoms with Crippen molar-refractivity contribution < 1.29 is 33.6 Å². The number of hydrogen-bond acceptors (Lipinski definition) is 10. The van der Waals surface area contributed by atoms with E-state index < -0.39 is 24.3 Å². The third kappa shape index (κ3) is 8.60. The van der Waals surface area contributed by atoms with Crippen molar-refractivity contribution in [1.82, 2.24) is 16.1 Å². The highest BCUT2D eigenvalue weighted by Crippen LogP contribution is 2.35. The molecule has 0 aromatic heterocycles. The molecular formula is C32H31Cl2N5O7. The first-order valence-electron chi connectivity index (χ1n) is 14.0. The Morgan fingerprint density at radius 1 is 1.13 bits per heavy atom. The second-order valence-electron chi connectivity index (χ2n) is 9.82. The van der Waals surface area contributed by atoms with Crippen LogP contribution in [0.3, 0.4) is 0 Å². The lowest BCUT2D eigenvalue weighted by Crippen LogP contribution is -2.45. The Balaban J connectivity index is 1.42. The van der Waals surface area contributed by atoms with E-state index in [4.69, 9.17) is 47.4 Å². The Morgan fingerprint density at radius 3 is 2.59 bits per heavy atom. The minimum absolute atomic E-state index is 0.183. The number of hydrogen-bond donors (Lipinski definition) is 4. The summed E-state index contributed by atoms with van der Waals surface area (Å²) in [6.45, 7) is 3.68. The molecule has 4 N–H and O–H groups in total. The van der Waals surface area contributed by atoms with Crippen molar-refractivity contribution in [3.05, 3.63) is 98.2 Å². The smallest absolute Gasteiger partial charge is 0.337 e. The number of allylic oxidation sites excluding steroid dienone is 1. The van der Waals surface area contributed by atoms with Crippen LogP contribution in [0.15, 0.2) is 71.0 Å². The predicted octanol–water partition coefficient (Wildman–Crippen LogP) is 4.96. The van der Waals surface area contributed by atoms with Gasteiger partial charge in [0.2, 0.25) is 0 Å². The number of methoxy groups -OCH3 is 1. The van der Waals surface area contributed by atoms with Crippen LogP contribution in [0.4, 0.5) is 4.79 Å². The van der Waals surface area contributed by atoms with E-state index in [1.54, 1.807) is 68.4 Å². The van der Waals surface area contributed by atoms with Crippen molar-refractivity contribution in [3.8, 4) is 23.3 Å². The van der Waals surface area contributed by atoms with Crippen molar-refractivity contribution in [3.63, 3.8) is 0 Å². The van der Waals surface area contributed by atoms with Gasteiger partial charge in [-0.05, 0) is 61.4 Å². The van der Waals surface area contributed by atoms with Gasteiger partial charge in [-0.15, -0.1) is 0 Å². The number of nitriles is 1. The molecule has 14 heteroatoms. The lowest BCUT2D eigenvalue weighted by molar-refractivity contribution is -0.136. The van der Waals surface area contributed by atoms with Gasteiger partial charge in [0.05, 0.1) is 48.2 Å². The molecule has 1 aliphatic rings. The van der Waals surface area contributed by atoms with E-state index in [-0.39, 0.29) is 23.8 Å². The van der Waals surface area contributed by atoms with Crippen LogP contribution in [0.25, 0.3) is 0 Å². The molecule has 1 aliphatic heterocycles. The normalized spacial score (nSPS) is 15.0. The van der Waals surface area contributed by atoms with Gasteiger partial charge in [0.25, 0.3) is 0 Å². The van der Waals surface area contributed by atoms with Crippen molar-refractivity contribution in [2.24, 2.45) is 5.10 Å². The SMILES string of the molecule is CCOc1cc([C@H]2NC(=O)NC(C)=C2C(=O)OC)ccc1OC[C@H](O)N/N=C/c1cc(Cl)cc(Cl)c1OCc1ccc(C#N)cc1. The molecule has 0 fully saturated rings. The van der Waals surface area contributed by atoms with E-state index in [0.29, 0.717) is 51.3 Å². The lowest BCUT2D eigenvalue weighted by Gasteiger charge is -2.28. The van der Waals surface area contributed by atoms with Gasteiger partial charge in [0.1, 0.15) is 19.0 Å². The van der Waals surface area contributed by atoms with E-state index in [1.165, 1.54) is 13.3 Å². The van der Waals surface area contributed by atoms with Crippen LogP contribution in [-0.4, -0.2) is 49.9 Å². The van der Waals surface area contributed by atoms with Gasteiger partial charge in [0.15, 0.2) is 17.7 Å². The zero-order valence-corrected chi connectivity index (χ0v) is 26.6. The highest BCUT2D eigenvalue weighted by molar-refractivity contribution is 6.36. The first kappa shape index (κ1) is 33.9. The Kier molecular flexibility index (Phi) is 11.7. The average Bonchev–Trinajstić information content (AvgIpc) is 3.03. The van der Waals surface area contributed by atoms with E-state index in [9.17, 15) is 14.7 Å². The standard InChI is InChI=1S/C32H31Cl2N5O7/c1-4-44-26-12-21(29-28(31(41)43-3)18(2)37-32(42)38-29)9-10-25(26)45-17-27(40)39-36-15-22-11-23(33)13-24(34)30(22)46-16-20-7-5-19(14-35)6-8-20/h5-13,15,27,29,39-40H,4,16-17H2,1-3H3,(H2,37,38,42)/b36-15+/t27-,29+/m0/s1. The van der Waals surface area contributed by atoms with E-state index in [1.807, 2.05) is 0 Å². The molecule has 0 bridgehead atoms. The summed E-state index contributed by atoms with van der Waals surface area (Å²) in [7, 11) is 1.26. The van der Waals surface area contributed by atoms with Gasteiger partial charge >= 0.3 is 12.0 Å². The number of urea groups is 1. The second-order valence-corrected chi connectivity index (χ2v) is 10.7. The van der Waals surface area contributed by atoms with E-state index in [2.05, 4.69) is 27.2 Å². The summed E-state index contributed by atoms with van der Waals surface area (Å²) in [4.78, 5) is 24.6. The van der Waals surface area contributed by atoms with Crippen LogP contribution in [0.2, 0.25) is 10.0 Å². The van der Waals surface area contributed by atoms with Crippen molar-refractivity contribution >= 4 is 41.4 Å². The van der Waals surface area contributed by atoms with Crippen LogP contribution in [0.5, 0.6) is 17.2 Å². The van der Waals surface area contributed by atoms with Crippen LogP contribution >= 0.6 is 23.2 Å². The molecule has 3 aromatic rings. The molecule has 0 unspecified atom stereocenters. The topological polar surface area (TPSA) is 164 Å². The molecule has 1 heterocycles.